The van der Waals surface area contributed by atoms with Gasteiger partial charge in [0.1, 0.15) is 0 Å². The average Bonchev–Trinajstić information content (AvgIpc) is 2.73. The first-order chi connectivity index (χ1) is 6.73. The minimum absolute atomic E-state index is 0.0359. The minimum Gasteiger partial charge on any atom is -0.540 e. The number of fused-ring (bicyclic) bond motifs is 3. The Labute approximate surface area is 86.2 Å². The van der Waals surface area contributed by atoms with Gasteiger partial charge >= 0.3 is 6.75 Å². The molecule has 4 heterocycles. The first-order valence-corrected chi connectivity index (χ1v) is 5.55. The smallest absolute Gasteiger partial charge is 0.420 e. The fourth-order valence-corrected chi connectivity index (χ4v) is 2.58. The molecule has 4 nitrogen and oxygen atoms in total. The maximum atomic E-state index is 5.70. The van der Waals surface area contributed by atoms with Gasteiger partial charge in [-0.05, 0) is 4.78 Å². The lowest BCUT2D eigenvalue weighted by atomic mass is 9.70. The van der Waals surface area contributed by atoms with Gasteiger partial charge < -0.3 is 14.0 Å². The molecule has 1 aromatic heterocycles. The summed E-state index contributed by atoms with van der Waals surface area (Å²) >= 11 is 1.52. The third kappa shape index (κ3) is 1.15. The fraction of sp³-hybridized carbons (Fsp3) is 0.625. The van der Waals surface area contributed by atoms with Crippen molar-refractivity contribution in [1.82, 2.24) is 4.98 Å². The highest BCUT2D eigenvalue weighted by atomic mass is 32.1. The van der Waals surface area contributed by atoms with Crippen molar-refractivity contribution in [2.45, 2.75) is 6.92 Å². The molecule has 0 saturated carbocycles. The summed E-state index contributed by atoms with van der Waals surface area (Å²) in [5.41, 5.74) is 1.80. The zero-order chi connectivity index (χ0) is 9.65. The molecule has 76 valence electrons. The van der Waals surface area contributed by atoms with Gasteiger partial charge in [0.2, 0.25) is 0 Å². The molecule has 2 bridgehead atoms. The molecule has 0 N–H and O–H groups in total. The van der Waals surface area contributed by atoms with E-state index in [1.165, 1.54) is 11.3 Å². The number of hydrogen-bond donors (Lipinski definition) is 0. The van der Waals surface area contributed by atoms with Crippen LogP contribution in [-0.2, 0) is 14.0 Å². The van der Waals surface area contributed by atoms with Gasteiger partial charge in [0.05, 0.1) is 5.51 Å². The summed E-state index contributed by atoms with van der Waals surface area (Å²) in [6.45, 7) is 2.59. The van der Waals surface area contributed by atoms with Crippen LogP contribution in [0.3, 0.4) is 0 Å². The SMILES string of the molecule is CC12CO[B-](c3cncs3)(OC1)OC2. The Morgan fingerprint density at radius 2 is 2.00 bits per heavy atom. The normalized spacial score (nSPS) is 41.5. The lowest BCUT2D eigenvalue weighted by Gasteiger charge is -2.57. The lowest BCUT2D eigenvalue weighted by molar-refractivity contribution is -0.119. The molecule has 0 atom stereocenters. The van der Waals surface area contributed by atoms with E-state index in [1.807, 2.05) is 0 Å². The second-order valence-electron chi connectivity index (χ2n) is 4.29. The van der Waals surface area contributed by atoms with Crippen LogP contribution < -0.4 is 4.78 Å². The van der Waals surface area contributed by atoms with Crippen LogP contribution in [0.15, 0.2) is 11.7 Å². The zero-order valence-electron chi connectivity index (χ0n) is 7.93. The van der Waals surface area contributed by atoms with Crippen LogP contribution in [-0.4, -0.2) is 31.6 Å². The highest BCUT2D eigenvalue weighted by molar-refractivity contribution is 7.22. The highest BCUT2D eigenvalue weighted by Gasteiger charge is 2.47. The summed E-state index contributed by atoms with van der Waals surface area (Å²) in [6.07, 6.45) is 1.76. The largest absolute Gasteiger partial charge is 0.540 e. The Bertz CT molecular complexity index is 318. The Morgan fingerprint density at radius 1 is 1.36 bits per heavy atom. The van der Waals surface area contributed by atoms with Crippen LogP contribution >= 0.6 is 11.3 Å². The highest BCUT2D eigenvalue weighted by Crippen LogP contribution is 2.35. The third-order valence-corrected chi connectivity index (χ3v) is 3.65. The minimum atomic E-state index is -1.66. The molecule has 3 fully saturated rings. The first kappa shape index (κ1) is 8.85. The van der Waals surface area contributed by atoms with Crippen molar-refractivity contribution in [2.24, 2.45) is 5.41 Å². The van der Waals surface area contributed by atoms with Crippen molar-refractivity contribution in [1.29, 1.82) is 0 Å². The van der Waals surface area contributed by atoms with E-state index < -0.39 is 6.75 Å². The predicted molar refractivity (Wildman–Crippen MR) is 53.5 cm³/mol. The predicted octanol–water partition coefficient (Wildman–Crippen LogP) is 0.372. The molecule has 6 heteroatoms. The monoisotopic (exact) mass is 212 g/mol. The fourth-order valence-electron chi connectivity index (χ4n) is 1.85. The zero-order valence-corrected chi connectivity index (χ0v) is 8.75. The van der Waals surface area contributed by atoms with E-state index in [9.17, 15) is 0 Å². The topological polar surface area (TPSA) is 40.6 Å². The Hall–Kier alpha value is -0.425. The van der Waals surface area contributed by atoms with Crippen molar-refractivity contribution < 1.29 is 14.0 Å². The molecule has 0 amide bonds. The van der Waals surface area contributed by atoms with Gasteiger partial charge in [-0.1, -0.05) is 6.92 Å². The molecule has 0 aromatic carbocycles. The Balaban J connectivity index is 1.93. The van der Waals surface area contributed by atoms with E-state index in [-0.39, 0.29) is 5.41 Å². The van der Waals surface area contributed by atoms with Gasteiger partial charge in [-0.15, -0.1) is 0 Å². The average molecular weight is 212 g/mol. The number of nitrogens with zero attached hydrogens (tertiary/aromatic N) is 1. The van der Waals surface area contributed by atoms with Crippen molar-refractivity contribution >= 4 is 22.9 Å². The van der Waals surface area contributed by atoms with Crippen LogP contribution in [0.2, 0.25) is 0 Å². The van der Waals surface area contributed by atoms with Crippen LogP contribution in [0.5, 0.6) is 0 Å². The maximum Gasteiger partial charge on any atom is 0.420 e. The van der Waals surface area contributed by atoms with Gasteiger partial charge in [-0.3, -0.25) is 4.98 Å². The van der Waals surface area contributed by atoms with Crippen LogP contribution in [0.1, 0.15) is 6.92 Å². The number of rotatable bonds is 1. The van der Waals surface area contributed by atoms with E-state index in [2.05, 4.69) is 11.9 Å². The molecule has 0 unspecified atom stereocenters. The standard InChI is InChI=1S/C8H11BNO3S/c1-8-3-11-9(12-4-8,13-5-8)7-2-10-6-14-7/h2,6H,3-5H2,1H3/q-1. The molecule has 3 saturated heterocycles. The summed E-state index contributed by atoms with van der Waals surface area (Å²) in [5.74, 6) is 0. The summed E-state index contributed by atoms with van der Waals surface area (Å²) < 4.78 is 18.1. The van der Waals surface area contributed by atoms with Crippen LogP contribution in [0, 0.1) is 5.41 Å². The molecule has 1 aromatic rings. The molecular weight excluding hydrogens is 201 g/mol. The molecular formula is C8H11BNO3S-. The Kier molecular flexibility index (Phi) is 1.76. The molecule has 0 aliphatic carbocycles. The number of hydrogen-bond acceptors (Lipinski definition) is 5. The Morgan fingerprint density at radius 3 is 2.50 bits per heavy atom. The quantitative estimate of drug-likeness (QED) is 0.630. The molecule has 3 aliphatic heterocycles. The van der Waals surface area contributed by atoms with Crippen LogP contribution in [0.4, 0.5) is 0 Å². The second-order valence-corrected chi connectivity index (χ2v) is 5.21. The van der Waals surface area contributed by atoms with E-state index in [0.717, 1.165) is 4.78 Å². The van der Waals surface area contributed by atoms with Gasteiger partial charge in [0.15, 0.2) is 0 Å². The summed E-state index contributed by atoms with van der Waals surface area (Å²) in [4.78, 5) is 4.02. The van der Waals surface area contributed by atoms with E-state index in [4.69, 9.17) is 14.0 Å². The van der Waals surface area contributed by atoms with Gasteiger partial charge in [-0.2, -0.15) is 11.3 Å². The first-order valence-electron chi connectivity index (χ1n) is 4.67. The summed E-state index contributed by atoms with van der Waals surface area (Å²) in [5, 5.41) is 0. The van der Waals surface area contributed by atoms with Crippen molar-refractivity contribution in [2.75, 3.05) is 19.8 Å². The molecule has 4 rings (SSSR count). The maximum absolute atomic E-state index is 5.70. The van der Waals surface area contributed by atoms with Gasteiger partial charge in [0, 0.05) is 31.4 Å². The number of thiazole rings is 1. The van der Waals surface area contributed by atoms with E-state index in [1.54, 1.807) is 11.7 Å². The third-order valence-electron chi connectivity index (χ3n) is 2.75. The molecule has 0 spiro atoms. The summed E-state index contributed by atoms with van der Waals surface area (Å²) in [6, 6.07) is 0. The van der Waals surface area contributed by atoms with Crippen molar-refractivity contribution in [3.05, 3.63) is 11.7 Å². The summed E-state index contributed by atoms with van der Waals surface area (Å²) in [7, 11) is 0. The molecule has 14 heavy (non-hydrogen) atoms. The van der Waals surface area contributed by atoms with Gasteiger partial charge in [0.25, 0.3) is 0 Å². The van der Waals surface area contributed by atoms with Crippen LogP contribution in [0.25, 0.3) is 0 Å². The van der Waals surface area contributed by atoms with Gasteiger partial charge in [-0.25, -0.2) is 0 Å². The van der Waals surface area contributed by atoms with Crippen molar-refractivity contribution in [3.8, 4) is 0 Å². The van der Waals surface area contributed by atoms with Crippen molar-refractivity contribution in [3.63, 3.8) is 0 Å². The van der Waals surface area contributed by atoms with E-state index >= 15 is 0 Å². The second kappa shape index (κ2) is 2.79. The lowest BCUT2D eigenvalue weighted by Crippen LogP contribution is -2.68. The molecule has 3 aliphatic rings. The molecule has 0 radical (unpaired) electrons. The van der Waals surface area contributed by atoms with E-state index in [0.29, 0.717) is 19.8 Å². The number of aromatic nitrogens is 1.